The van der Waals surface area contributed by atoms with Crippen molar-refractivity contribution in [1.29, 1.82) is 0 Å². The van der Waals surface area contributed by atoms with Crippen LogP contribution in [0.1, 0.15) is 15.9 Å². The number of carbonyl (C=O) groups is 2. The SMILES string of the molecule is O=C(O)c1cccc2c(=O)n(C(=O)N(Cc3ccccc3)C(F)(F)F)[nH]c12. The maximum absolute atomic E-state index is 13.4. The number of aromatic carboxylic acids is 1. The van der Waals surface area contributed by atoms with Gasteiger partial charge in [-0.3, -0.25) is 9.89 Å². The van der Waals surface area contributed by atoms with E-state index < -0.39 is 35.3 Å². The Kier molecular flexibility index (Phi) is 4.48. The number of halogens is 3. The molecule has 27 heavy (non-hydrogen) atoms. The van der Waals surface area contributed by atoms with E-state index in [1.807, 2.05) is 0 Å². The van der Waals surface area contributed by atoms with E-state index >= 15 is 0 Å². The van der Waals surface area contributed by atoms with Gasteiger partial charge < -0.3 is 5.11 Å². The maximum Gasteiger partial charge on any atom is 0.488 e. The van der Waals surface area contributed by atoms with Crippen molar-refractivity contribution in [3.05, 3.63) is 70.0 Å². The first-order chi connectivity index (χ1) is 12.7. The average molecular weight is 379 g/mol. The van der Waals surface area contributed by atoms with Gasteiger partial charge in [0.15, 0.2) is 0 Å². The first kappa shape index (κ1) is 18.2. The molecule has 0 fully saturated rings. The first-order valence-corrected chi connectivity index (χ1v) is 7.60. The summed E-state index contributed by atoms with van der Waals surface area (Å²) in [6.07, 6.45) is -5.06. The summed E-state index contributed by atoms with van der Waals surface area (Å²) in [4.78, 5) is 35.6. The Balaban J connectivity index is 2.09. The summed E-state index contributed by atoms with van der Waals surface area (Å²) in [5.41, 5.74) is -1.43. The number of carboxylic acid groups (broad SMARTS) is 1. The summed E-state index contributed by atoms with van der Waals surface area (Å²) in [6, 6.07) is 9.44. The van der Waals surface area contributed by atoms with Gasteiger partial charge in [0.1, 0.15) is 0 Å². The number of H-pyrrole nitrogens is 1. The molecule has 2 aromatic carbocycles. The van der Waals surface area contributed by atoms with Crippen molar-refractivity contribution in [2.24, 2.45) is 0 Å². The highest BCUT2D eigenvalue weighted by Crippen LogP contribution is 2.25. The number of rotatable bonds is 3. The highest BCUT2D eigenvalue weighted by atomic mass is 19.4. The van der Waals surface area contributed by atoms with Crippen molar-refractivity contribution in [3.8, 4) is 0 Å². The molecule has 2 N–H and O–H groups in total. The summed E-state index contributed by atoms with van der Waals surface area (Å²) >= 11 is 0. The van der Waals surface area contributed by atoms with E-state index in [9.17, 15) is 27.6 Å². The van der Waals surface area contributed by atoms with E-state index in [0.29, 0.717) is 0 Å². The topological polar surface area (TPSA) is 95.4 Å². The molecule has 0 saturated heterocycles. The first-order valence-electron chi connectivity index (χ1n) is 7.60. The summed E-state index contributed by atoms with van der Waals surface area (Å²) in [5, 5.41) is 11.1. The van der Waals surface area contributed by atoms with Gasteiger partial charge in [0.25, 0.3) is 5.56 Å². The van der Waals surface area contributed by atoms with Crippen LogP contribution < -0.4 is 5.56 Å². The molecule has 1 aromatic heterocycles. The number of aromatic nitrogens is 2. The third-order valence-corrected chi connectivity index (χ3v) is 3.86. The number of para-hydroxylation sites is 1. The fourth-order valence-corrected chi connectivity index (χ4v) is 2.60. The van der Waals surface area contributed by atoms with Crippen molar-refractivity contribution in [2.75, 3.05) is 0 Å². The summed E-state index contributed by atoms with van der Waals surface area (Å²) < 4.78 is 40.4. The molecular formula is C17H12F3N3O4. The Bertz CT molecular complexity index is 1070. The predicted molar refractivity (Wildman–Crippen MR) is 88.4 cm³/mol. The van der Waals surface area contributed by atoms with Crippen LogP contribution in [-0.2, 0) is 6.54 Å². The monoisotopic (exact) mass is 379 g/mol. The Morgan fingerprint density at radius 1 is 1.07 bits per heavy atom. The molecule has 3 rings (SSSR count). The molecule has 0 aliphatic heterocycles. The molecule has 0 aliphatic rings. The minimum Gasteiger partial charge on any atom is -0.478 e. The molecule has 10 heteroatoms. The molecule has 0 atom stereocenters. The molecule has 0 aliphatic carbocycles. The summed E-state index contributed by atoms with van der Waals surface area (Å²) in [5.74, 6) is -1.39. The van der Waals surface area contributed by atoms with Gasteiger partial charge in [0, 0.05) is 0 Å². The summed E-state index contributed by atoms with van der Waals surface area (Å²) in [6.45, 7) is -0.809. The quantitative estimate of drug-likeness (QED) is 0.684. The van der Waals surface area contributed by atoms with Crippen LogP contribution in [0.15, 0.2) is 53.3 Å². The lowest BCUT2D eigenvalue weighted by Gasteiger charge is -2.24. The minimum absolute atomic E-state index is 0.160. The van der Waals surface area contributed by atoms with Gasteiger partial charge in [-0.15, -0.1) is 13.2 Å². The van der Waals surface area contributed by atoms with Crippen LogP contribution in [0.3, 0.4) is 0 Å². The minimum atomic E-state index is -5.06. The van der Waals surface area contributed by atoms with E-state index in [1.54, 1.807) is 6.07 Å². The lowest BCUT2D eigenvalue weighted by molar-refractivity contribution is -0.227. The average Bonchev–Trinajstić information content (AvgIpc) is 2.96. The third-order valence-electron chi connectivity index (χ3n) is 3.86. The summed E-state index contributed by atoms with van der Waals surface area (Å²) in [7, 11) is 0. The van der Waals surface area contributed by atoms with Gasteiger partial charge in [-0.05, 0) is 17.7 Å². The lowest BCUT2D eigenvalue weighted by Crippen LogP contribution is -2.47. The van der Waals surface area contributed by atoms with Crippen LogP contribution in [0.2, 0.25) is 0 Å². The smallest absolute Gasteiger partial charge is 0.478 e. The number of alkyl halides is 3. The number of fused-ring (bicyclic) bond motifs is 1. The van der Waals surface area contributed by atoms with E-state index in [2.05, 4.69) is 5.10 Å². The second kappa shape index (κ2) is 6.63. The molecule has 0 bridgehead atoms. The molecule has 0 unspecified atom stereocenters. The predicted octanol–water partition coefficient (Wildman–Crippen LogP) is 3.02. The normalized spacial score (nSPS) is 11.5. The highest BCUT2D eigenvalue weighted by Gasteiger charge is 2.42. The van der Waals surface area contributed by atoms with Crippen LogP contribution in [0, 0.1) is 0 Å². The second-order valence-electron chi connectivity index (χ2n) is 5.61. The number of benzene rings is 2. The second-order valence-corrected chi connectivity index (χ2v) is 5.61. The number of nitrogens with zero attached hydrogens (tertiary/aromatic N) is 2. The Labute approximate surface area is 149 Å². The van der Waals surface area contributed by atoms with Crippen LogP contribution in [-0.4, -0.2) is 38.1 Å². The van der Waals surface area contributed by atoms with Gasteiger partial charge in [0.05, 0.1) is 23.0 Å². The van der Waals surface area contributed by atoms with Gasteiger partial charge in [-0.25, -0.2) is 14.5 Å². The molecule has 0 spiro atoms. The molecule has 1 amide bonds. The molecule has 7 nitrogen and oxygen atoms in total. The molecule has 0 radical (unpaired) electrons. The van der Waals surface area contributed by atoms with E-state index in [-0.39, 0.29) is 26.7 Å². The zero-order chi connectivity index (χ0) is 19.8. The van der Waals surface area contributed by atoms with Crippen LogP contribution in [0.4, 0.5) is 18.0 Å². The van der Waals surface area contributed by atoms with Crippen LogP contribution >= 0.6 is 0 Å². The fourth-order valence-electron chi connectivity index (χ4n) is 2.60. The largest absolute Gasteiger partial charge is 0.488 e. The van der Waals surface area contributed by atoms with Crippen LogP contribution in [0.25, 0.3) is 10.9 Å². The van der Waals surface area contributed by atoms with E-state index in [4.69, 9.17) is 5.11 Å². The molecule has 140 valence electrons. The number of carboxylic acids is 1. The Morgan fingerprint density at radius 2 is 1.74 bits per heavy atom. The van der Waals surface area contributed by atoms with Crippen molar-refractivity contribution in [2.45, 2.75) is 12.8 Å². The molecule has 0 saturated carbocycles. The zero-order valence-corrected chi connectivity index (χ0v) is 13.5. The van der Waals surface area contributed by atoms with Gasteiger partial charge in [0.2, 0.25) is 0 Å². The Hall–Kier alpha value is -3.56. The molecule has 1 heterocycles. The lowest BCUT2D eigenvalue weighted by atomic mass is 10.1. The van der Waals surface area contributed by atoms with Crippen molar-refractivity contribution in [1.82, 2.24) is 14.7 Å². The number of aromatic amines is 1. The number of carbonyl (C=O) groups excluding carboxylic acids is 1. The molecular weight excluding hydrogens is 367 g/mol. The third kappa shape index (κ3) is 3.41. The van der Waals surface area contributed by atoms with Gasteiger partial charge in [-0.1, -0.05) is 36.4 Å². The number of hydrogen-bond donors (Lipinski definition) is 2. The number of hydrogen-bond acceptors (Lipinski definition) is 3. The van der Waals surface area contributed by atoms with Gasteiger partial charge in [-0.2, -0.15) is 4.68 Å². The van der Waals surface area contributed by atoms with Gasteiger partial charge >= 0.3 is 18.3 Å². The molecule has 3 aromatic rings. The van der Waals surface area contributed by atoms with Crippen molar-refractivity contribution >= 4 is 22.9 Å². The fraction of sp³-hybridized carbons (Fsp3) is 0.118. The maximum atomic E-state index is 13.4. The van der Waals surface area contributed by atoms with Crippen molar-refractivity contribution in [3.63, 3.8) is 0 Å². The zero-order valence-electron chi connectivity index (χ0n) is 13.5. The van der Waals surface area contributed by atoms with Crippen LogP contribution in [0.5, 0.6) is 0 Å². The highest BCUT2D eigenvalue weighted by molar-refractivity contribution is 6.02. The Morgan fingerprint density at radius 3 is 2.33 bits per heavy atom. The van der Waals surface area contributed by atoms with Crippen molar-refractivity contribution < 1.29 is 27.9 Å². The standard InChI is InChI=1S/C17H12F3N3O4/c18-17(19,20)22(9-10-5-2-1-3-6-10)16(27)23-14(24)11-7-4-8-12(15(25)26)13(11)21-23/h1-8,21H,9H2,(H,25,26). The number of nitrogens with one attached hydrogen (secondary N) is 1. The van der Waals surface area contributed by atoms with E-state index in [1.165, 1.54) is 42.5 Å². The number of amides is 1. The van der Waals surface area contributed by atoms with E-state index in [0.717, 1.165) is 0 Å².